The van der Waals surface area contributed by atoms with E-state index in [0.29, 0.717) is 30.7 Å². The summed E-state index contributed by atoms with van der Waals surface area (Å²) in [7, 11) is 1.58. The first-order valence-corrected chi connectivity index (χ1v) is 6.89. The molecular formula is C15H24N2O3. The summed E-state index contributed by atoms with van der Waals surface area (Å²) in [5, 5.41) is 5.87. The van der Waals surface area contributed by atoms with Crippen molar-refractivity contribution >= 4 is 5.91 Å². The van der Waals surface area contributed by atoms with Crippen LogP contribution in [0.25, 0.3) is 0 Å². The molecule has 0 saturated heterocycles. The summed E-state index contributed by atoms with van der Waals surface area (Å²) in [5.41, 5.74) is 0.980. The largest absolute Gasteiger partial charge is 0.490 e. The van der Waals surface area contributed by atoms with Crippen LogP contribution in [0.5, 0.6) is 11.5 Å². The summed E-state index contributed by atoms with van der Waals surface area (Å²) in [6.45, 7) is 7.28. The van der Waals surface area contributed by atoms with Gasteiger partial charge in [0.05, 0.1) is 6.61 Å². The van der Waals surface area contributed by atoms with E-state index in [0.717, 1.165) is 5.56 Å². The Morgan fingerprint density at radius 3 is 2.65 bits per heavy atom. The first kappa shape index (κ1) is 16.3. The quantitative estimate of drug-likeness (QED) is 0.761. The zero-order valence-corrected chi connectivity index (χ0v) is 12.7. The maximum absolute atomic E-state index is 11.3. The lowest BCUT2D eigenvalue weighted by Crippen LogP contribution is -2.26. The Hall–Kier alpha value is -1.75. The number of amides is 1. The van der Waals surface area contributed by atoms with Crippen molar-refractivity contribution in [2.24, 2.45) is 0 Å². The van der Waals surface area contributed by atoms with Crippen molar-refractivity contribution in [1.82, 2.24) is 10.6 Å². The van der Waals surface area contributed by atoms with Gasteiger partial charge in [-0.3, -0.25) is 4.79 Å². The van der Waals surface area contributed by atoms with Gasteiger partial charge in [-0.15, -0.1) is 0 Å². The van der Waals surface area contributed by atoms with Gasteiger partial charge < -0.3 is 20.1 Å². The third-order valence-electron chi connectivity index (χ3n) is 2.69. The first-order chi connectivity index (χ1) is 9.58. The second kappa shape index (κ2) is 8.43. The van der Waals surface area contributed by atoms with Crippen LogP contribution in [0.2, 0.25) is 0 Å². The standard InChI is InChI=1S/C15H24N2O3/c1-5-19-13-8-6-7-12(9-17-11(2)3)15(13)20-10-14(18)16-4/h6-8,11,17H,5,9-10H2,1-4H3,(H,16,18). The number of likely N-dealkylation sites (N-methyl/N-ethyl adjacent to an activating group) is 1. The molecule has 0 saturated carbocycles. The highest BCUT2D eigenvalue weighted by molar-refractivity contribution is 5.77. The fraction of sp³-hybridized carbons (Fsp3) is 0.533. The summed E-state index contributed by atoms with van der Waals surface area (Å²) in [6, 6.07) is 6.12. The molecule has 1 aromatic carbocycles. The first-order valence-electron chi connectivity index (χ1n) is 6.89. The Kier molecular flexibility index (Phi) is 6.87. The van der Waals surface area contributed by atoms with Crippen LogP contribution in [0, 0.1) is 0 Å². The van der Waals surface area contributed by atoms with Gasteiger partial charge in [0.25, 0.3) is 5.91 Å². The van der Waals surface area contributed by atoms with Crippen molar-refractivity contribution in [3.8, 4) is 11.5 Å². The number of rotatable bonds is 8. The third-order valence-corrected chi connectivity index (χ3v) is 2.69. The lowest BCUT2D eigenvalue weighted by molar-refractivity contribution is -0.122. The van der Waals surface area contributed by atoms with Gasteiger partial charge in [-0.05, 0) is 13.0 Å². The van der Waals surface area contributed by atoms with E-state index >= 15 is 0 Å². The minimum atomic E-state index is -0.168. The topological polar surface area (TPSA) is 59.6 Å². The van der Waals surface area contributed by atoms with E-state index in [1.165, 1.54) is 0 Å². The van der Waals surface area contributed by atoms with Crippen LogP contribution in [0.3, 0.4) is 0 Å². The molecule has 1 rings (SSSR count). The predicted molar refractivity (Wildman–Crippen MR) is 79.1 cm³/mol. The van der Waals surface area contributed by atoms with Crippen molar-refractivity contribution < 1.29 is 14.3 Å². The molecule has 0 bridgehead atoms. The lowest BCUT2D eigenvalue weighted by Gasteiger charge is -2.17. The van der Waals surface area contributed by atoms with Crippen molar-refractivity contribution in [3.05, 3.63) is 23.8 Å². The lowest BCUT2D eigenvalue weighted by atomic mass is 10.1. The van der Waals surface area contributed by atoms with Crippen LogP contribution in [0.4, 0.5) is 0 Å². The Morgan fingerprint density at radius 2 is 2.05 bits per heavy atom. The molecule has 0 radical (unpaired) electrons. The van der Waals surface area contributed by atoms with Gasteiger partial charge in [0.1, 0.15) is 0 Å². The molecule has 112 valence electrons. The third kappa shape index (κ3) is 5.09. The molecule has 0 spiro atoms. The zero-order chi connectivity index (χ0) is 15.0. The maximum atomic E-state index is 11.3. The molecule has 0 fully saturated rings. The minimum Gasteiger partial charge on any atom is -0.490 e. The highest BCUT2D eigenvalue weighted by Crippen LogP contribution is 2.31. The Labute approximate surface area is 120 Å². The predicted octanol–water partition coefficient (Wildman–Crippen LogP) is 1.71. The summed E-state index contributed by atoms with van der Waals surface area (Å²) in [4.78, 5) is 11.3. The number of benzene rings is 1. The van der Waals surface area contributed by atoms with E-state index in [-0.39, 0.29) is 12.5 Å². The molecule has 0 aliphatic heterocycles. The second-order valence-corrected chi connectivity index (χ2v) is 4.67. The molecule has 0 aliphatic rings. The number of ether oxygens (including phenoxy) is 2. The monoisotopic (exact) mass is 280 g/mol. The highest BCUT2D eigenvalue weighted by atomic mass is 16.5. The average molecular weight is 280 g/mol. The minimum absolute atomic E-state index is 0.0186. The SMILES string of the molecule is CCOc1cccc(CNC(C)C)c1OCC(=O)NC. The van der Waals surface area contributed by atoms with Crippen LogP contribution in [0.15, 0.2) is 18.2 Å². The van der Waals surface area contributed by atoms with E-state index in [4.69, 9.17) is 9.47 Å². The van der Waals surface area contributed by atoms with Gasteiger partial charge in [-0.1, -0.05) is 26.0 Å². The molecule has 1 aromatic rings. The fourth-order valence-electron chi connectivity index (χ4n) is 1.66. The molecule has 2 N–H and O–H groups in total. The maximum Gasteiger partial charge on any atom is 0.257 e. The van der Waals surface area contributed by atoms with Crippen LogP contribution >= 0.6 is 0 Å². The Bertz CT molecular complexity index is 433. The average Bonchev–Trinajstić information content (AvgIpc) is 2.43. The molecule has 0 heterocycles. The van der Waals surface area contributed by atoms with Crippen LogP contribution in [0.1, 0.15) is 26.3 Å². The highest BCUT2D eigenvalue weighted by Gasteiger charge is 2.12. The smallest absolute Gasteiger partial charge is 0.257 e. The van der Waals surface area contributed by atoms with Crippen LogP contribution < -0.4 is 20.1 Å². The number of hydrogen-bond acceptors (Lipinski definition) is 4. The Morgan fingerprint density at radius 1 is 1.30 bits per heavy atom. The number of carbonyl (C=O) groups is 1. The van der Waals surface area contributed by atoms with Crippen molar-refractivity contribution in [3.63, 3.8) is 0 Å². The van der Waals surface area contributed by atoms with Crippen molar-refractivity contribution in [1.29, 1.82) is 0 Å². The van der Waals surface area contributed by atoms with Crippen LogP contribution in [-0.4, -0.2) is 32.2 Å². The van der Waals surface area contributed by atoms with Crippen molar-refractivity contribution in [2.75, 3.05) is 20.3 Å². The Balaban J connectivity index is 2.90. The molecule has 0 unspecified atom stereocenters. The summed E-state index contributed by atoms with van der Waals surface area (Å²) in [6.07, 6.45) is 0. The zero-order valence-electron chi connectivity index (χ0n) is 12.7. The van der Waals surface area contributed by atoms with Gasteiger partial charge in [0, 0.05) is 25.2 Å². The fourth-order valence-corrected chi connectivity index (χ4v) is 1.66. The normalized spacial score (nSPS) is 10.4. The molecule has 0 aromatic heterocycles. The van der Waals surface area contributed by atoms with E-state index < -0.39 is 0 Å². The number of nitrogens with one attached hydrogen (secondary N) is 2. The van der Waals surface area contributed by atoms with Crippen LogP contribution in [-0.2, 0) is 11.3 Å². The number of para-hydroxylation sites is 1. The second-order valence-electron chi connectivity index (χ2n) is 4.67. The summed E-state index contributed by atoms with van der Waals surface area (Å²) < 4.78 is 11.2. The molecule has 0 aliphatic carbocycles. The molecule has 1 amide bonds. The molecule has 0 atom stereocenters. The molecule has 20 heavy (non-hydrogen) atoms. The van der Waals surface area contributed by atoms with E-state index in [1.807, 2.05) is 25.1 Å². The van der Waals surface area contributed by atoms with Gasteiger partial charge >= 0.3 is 0 Å². The van der Waals surface area contributed by atoms with Gasteiger partial charge in [-0.25, -0.2) is 0 Å². The van der Waals surface area contributed by atoms with E-state index in [2.05, 4.69) is 24.5 Å². The molecule has 5 nitrogen and oxygen atoms in total. The van der Waals surface area contributed by atoms with Gasteiger partial charge in [-0.2, -0.15) is 0 Å². The molecular weight excluding hydrogens is 256 g/mol. The van der Waals surface area contributed by atoms with Crippen molar-refractivity contribution in [2.45, 2.75) is 33.4 Å². The van der Waals surface area contributed by atoms with E-state index in [1.54, 1.807) is 7.05 Å². The summed E-state index contributed by atoms with van der Waals surface area (Å²) >= 11 is 0. The number of carbonyl (C=O) groups excluding carboxylic acids is 1. The molecule has 5 heteroatoms. The summed E-state index contributed by atoms with van der Waals surface area (Å²) in [5.74, 6) is 1.13. The van der Waals surface area contributed by atoms with Gasteiger partial charge in [0.15, 0.2) is 18.1 Å². The van der Waals surface area contributed by atoms with Gasteiger partial charge in [0.2, 0.25) is 0 Å². The van der Waals surface area contributed by atoms with E-state index in [9.17, 15) is 4.79 Å². The number of hydrogen-bond donors (Lipinski definition) is 2.